The quantitative estimate of drug-likeness (QED) is 0.785. The molecule has 0 fully saturated rings. The minimum atomic E-state index is -4.36. The van der Waals surface area contributed by atoms with Crippen LogP contribution in [0.3, 0.4) is 0 Å². The number of halogens is 4. The molecule has 0 spiro atoms. The van der Waals surface area contributed by atoms with Crippen molar-refractivity contribution in [2.75, 3.05) is 5.32 Å². The second kappa shape index (κ2) is 5.58. The summed E-state index contributed by atoms with van der Waals surface area (Å²) in [5, 5.41) is 2.83. The van der Waals surface area contributed by atoms with Crippen LogP contribution in [0.2, 0.25) is 0 Å². The highest BCUT2D eigenvalue weighted by atomic mass is 79.9. The zero-order valence-corrected chi connectivity index (χ0v) is 10.9. The van der Waals surface area contributed by atoms with Gasteiger partial charge in [-0.1, -0.05) is 22.0 Å². The first-order valence-corrected chi connectivity index (χ1v) is 5.88. The molecule has 0 amide bonds. The van der Waals surface area contributed by atoms with Crippen LogP contribution in [0, 0.1) is 0 Å². The lowest BCUT2D eigenvalue weighted by atomic mass is 10.1. The summed E-state index contributed by atoms with van der Waals surface area (Å²) in [5.74, 6) is 0. The fourth-order valence-electron chi connectivity index (χ4n) is 1.45. The largest absolute Gasteiger partial charge is 0.418 e. The highest BCUT2D eigenvalue weighted by molar-refractivity contribution is 9.10. The van der Waals surface area contributed by atoms with Crippen molar-refractivity contribution >= 4 is 21.6 Å². The van der Waals surface area contributed by atoms with Crippen LogP contribution < -0.4 is 5.32 Å². The molecule has 17 heavy (non-hydrogen) atoms. The van der Waals surface area contributed by atoms with E-state index in [1.165, 1.54) is 6.07 Å². The predicted molar refractivity (Wildman–Crippen MR) is 67.0 cm³/mol. The van der Waals surface area contributed by atoms with Gasteiger partial charge in [-0.2, -0.15) is 13.2 Å². The topological polar surface area (TPSA) is 12.0 Å². The Morgan fingerprint density at radius 3 is 2.65 bits per heavy atom. The molecule has 94 valence electrons. The average molecular weight is 308 g/mol. The Balaban J connectivity index is 3.02. The molecule has 0 aliphatic rings. The fourth-order valence-corrected chi connectivity index (χ4v) is 1.81. The van der Waals surface area contributed by atoms with Crippen LogP contribution in [-0.4, -0.2) is 6.04 Å². The van der Waals surface area contributed by atoms with Crippen molar-refractivity contribution in [3.63, 3.8) is 0 Å². The van der Waals surface area contributed by atoms with Gasteiger partial charge in [0.2, 0.25) is 0 Å². The smallest absolute Gasteiger partial charge is 0.382 e. The third-order valence-electron chi connectivity index (χ3n) is 2.21. The van der Waals surface area contributed by atoms with Crippen molar-refractivity contribution < 1.29 is 13.2 Å². The molecule has 0 aliphatic carbocycles. The first-order valence-electron chi connectivity index (χ1n) is 5.08. The van der Waals surface area contributed by atoms with Crippen molar-refractivity contribution in [3.8, 4) is 0 Å². The Morgan fingerprint density at radius 1 is 1.47 bits per heavy atom. The molecule has 0 saturated carbocycles. The number of benzene rings is 1. The standard InChI is InChI=1S/C12H13BrF3N/c1-3-4-8(2)17-11-6-5-9(13)7-10(11)12(14,15)16/h3,5-8,17H,1,4H2,2H3. The Bertz CT molecular complexity index is 401. The van der Waals surface area contributed by atoms with Crippen LogP contribution >= 0.6 is 15.9 Å². The molecule has 5 heteroatoms. The molecule has 0 radical (unpaired) electrons. The molecule has 0 bridgehead atoms. The lowest BCUT2D eigenvalue weighted by molar-refractivity contribution is -0.137. The van der Waals surface area contributed by atoms with Crippen molar-refractivity contribution in [3.05, 3.63) is 40.9 Å². The number of anilines is 1. The zero-order chi connectivity index (χ0) is 13.1. The van der Waals surface area contributed by atoms with Crippen LogP contribution in [0.5, 0.6) is 0 Å². The maximum atomic E-state index is 12.8. The second-order valence-corrected chi connectivity index (χ2v) is 4.67. The van der Waals surface area contributed by atoms with E-state index in [-0.39, 0.29) is 11.7 Å². The van der Waals surface area contributed by atoms with Crippen molar-refractivity contribution in [1.29, 1.82) is 0 Å². The Hall–Kier alpha value is -0.970. The monoisotopic (exact) mass is 307 g/mol. The van der Waals surface area contributed by atoms with E-state index >= 15 is 0 Å². The van der Waals surface area contributed by atoms with Crippen molar-refractivity contribution in [2.24, 2.45) is 0 Å². The van der Waals surface area contributed by atoms with Gasteiger partial charge in [-0.05, 0) is 31.5 Å². The van der Waals surface area contributed by atoms with Crippen molar-refractivity contribution in [1.82, 2.24) is 0 Å². The maximum absolute atomic E-state index is 12.8. The molecular formula is C12H13BrF3N. The number of nitrogens with one attached hydrogen (secondary N) is 1. The molecule has 0 aliphatic heterocycles. The third-order valence-corrected chi connectivity index (χ3v) is 2.70. The fraction of sp³-hybridized carbons (Fsp3) is 0.333. The second-order valence-electron chi connectivity index (χ2n) is 3.76. The van der Waals surface area contributed by atoms with E-state index in [4.69, 9.17) is 0 Å². The normalized spacial score (nSPS) is 13.2. The molecular weight excluding hydrogens is 295 g/mol. The molecule has 1 rings (SSSR count). The predicted octanol–water partition coefficient (Wildman–Crippen LogP) is 4.84. The van der Waals surface area contributed by atoms with Crippen LogP contribution in [0.4, 0.5) is 18.9 Å². The summed E-state index contributed by atoms with van der Waals surface area (Å²) in [4.78, 5) is 0. The van der Waals surface area contributed by atoms with E-state index in [0.717, 1.165) is 6.07 Å². The van der Waals surface area contributed by atoms with Gasteiger partial charge in [0.05, 0.1) is 5.56 Å². The lowest BCUT2D eigenvalue weighted by Crippen LogP contribution is -2.18. The number of hydrogen-bond donors (Lipinski definition) is 1. The van der Waals surface area contributed by atoms with E-state index in [2.05, 4.69) is 27.8 Å². The average Bonchev–Trinajstić information content (AvgIpc) is 2.19. The zero-order valence-electron chi connectivity index (χ0n) is 9.31. The number of alkyl halides is 3. The summed E-state index contributed by atoms with van der Waals surface area (Å²) in [7, 11) is 0. The third kappa shape index (κ3) is 4.07. The van der Waals surface area contributed by atoms with E-state index < -0.39 is 11.7 Å². The highest BCUT2D eigenvalue weighted by Crippen LogP contribution is 2.36. The Kier molecular flexibility index (Phi) is 4.62. The van der Waals surface area contributed by atoms with Gasteiger partial charge in [-0.15, -0.1) is 6.58 Å². The van der Waals surface area contributed by atoms with Crippen LogP contribution in [-0.2, 0) is 6.18 Å². The van der Waals surface area contributed by atoms with Gasteiger partial charge in [0.15, 0.2) is 0 Å². The molecule has 1 aromatic carbocycles. The van der Waals surface area contributed by atoms with Gasteiger partial charge in [0.25, 0.3) is 0 Å². The first-order chi connectivity index (χ1) is 7.84. The van der Waals surface area contributed by atoms with Gasteiger partial charge in [0, 0.05) is 16.2 Å². The van der Waals surface area contributed by atoms with Gasteiger partial charge in [-0.3, -0.25) is 0 Å². The Labute approximate surface area is 107 Å². The van der Waals surface area contributed by atoms with Gasteiger partial charge < -0.3 is 5.32 Å². The molecule has 1 nitrogen and oxygen atoms in total. The van der Waals surface area contributed by atoms with E-state index in [0.29, 0.717) is 10.9 Å². The summed E-state index contributed by atoms with van der Waals surface area (Å²) in [6.45, 7) is 5.37. The Morgan fingerprint density at radius 2 is 2.12 bits per heavy atom. The minimum Gasteiger partial charge on any atom is -0.382 e. The van der Waals surface area contributed by atoms with Crippen molar-refractivity contribution in [2.45, 2.75) is 25.6 Å². The van der Waals surface area contributed by atoms with E-state index in [1.54, 1.807) is 12.1 Å². The molecule has 0 aromatic heterocycles. The molecule has 0 heterocycles. The summed E-state index contributed by atoms with van der Waals surface area (Å²) < 4.78 is 38.8. The molecule has 1 aromatic rings. The molecule has 1 N–H and O–H groups in total. The molecule has 1 unspecified atom stereocenters. The van der Waals surface area contributed by atoms with E-state index in [9.17, 15) is 13.2 Å². The van der Waals surface area contributed by atoms with Crippen LogP contribution in [0.1, 0.15) is 18.9 Å². The summed E-state index contributed by atoms with van der Waals surface area (Å²) >= 11 is 3.04. The summed E-state index contributed by atoms with van der Waals surface area (Å²) in [6.07, 6.45) is -2.09. The summed E-state index contributed by atoms with van der Waals surface area (Å²) in [6, 6.07) is 3.99. The van der Waals surface area contributed by atoms with Gasteiger partial charge in [-0.25, -0.2) is 0 Å². The van der Waals surface area contributed by atoms with Crippen LogP contribution in [0.15, 0.2) is 35.3 Å². The highest BCUT2D eigenvalue weighted by Gasteiger charge is 2.33. The van der Waals surface area contributed by atoms with E-state index in [1.807, 2.05) is 6.92 Å². The summed E-state index contributed by atoms with van der Waals surface area (Å²) in [5.41, 5.74) is -0.571. The number of rotatable bonds is 4. The molecule has 1 atom stereocenters. The first kappa shape index (κ1) is 14.1. The minimum absolute atomic E-state index is 0.0882. The number of hydrogen-bond acceptors (Lipinski definition) is 1. The van der Waals surface area contributed by atoms with Crippen LogP contribution in [0.25, 0.3) is 0 Å². The lowest BCUT2D eigenvalue weighted by Gasteiger charge is -2.18. The maximum Gasteiger partial charge on any atom is 0.418 e. The van der Waals surface area contributed by atoms with Gasteiger partial charge in [0.1, 0.15) is 0 Å². The van der Waals surface area contributed by atoms with Gasteiger partial charge >= 0.3 is 6.18 Å². The molecule has 0 saturated heterocycles. The SMILES string of the molecule is C=CCC(C)Nc1ccc(Br)cc1C(F)(F)F.